The lowest BCUT2D eigenvalue weighted by Crippen LogP contribution is -2.58. The number of hydrogen-bond acceptors (Lipinski definition) is 6. The number of benzene rings is 2. The van der Waals surface area contributed by atoms with E-state index in [4.69, 9.17) is 5.73 Å². The Hall–Kier alpha value is -4.51. The Morgan fingerprint density at radius 1 is 0.889 bits per heavy atom. The van der Waals surface area contributed by atoms with Crippen LogP contribution in [0.2, 0.25) is 0 Å². The normalized spacial score (nSPS) is 13.8. The zero-order valence-electron chi connectivity index (χ0n) is 27.0. The van der Waals surface area contributed by atoms with E-state index in [0.717, 1.165) is 10.9 Å². The number of pyridine rings is 1. The van der Waals surface area contributed by atoms with Gasteiger partial charge >= 0.3 is 6.03 Å². The van der Waals surface area contributed by atoms with Crippen molar-refractivity contribution < 1.29 is 24.3 Å². The lowest BCUT2D eigenvalue weighted by Gasteiger charge is -2.36. The van der Waals surface area contributed by atoms with E-state index in [2.05, 4.69) is 20.9 Å². The number of urea groups is 1. The Morgan fingerprint density at radius 2 is 1.53 bits per heavy atom. The second-order valence-electron chi connectivity index (χ2n) is 13.6. The Bertz CT molecular complexity index is 1480. The standard InChI is InChI=1S/C34H46N6O5/c1-33(2,3)21-40(32(45)39-34(4,5)6)20-28(41)26(18-22-12-8-7-9-13-22)37-31(44)27(19-29(35)42)38-30(43)25-17-16-23-14-10-11-15-24(23)36-25/h7-17,26-28,41H,18-21H2,1-6H3,(H2,35,42)(H,37,44)(H,38,43)(H,39,45)/t26-,27?,28?/m0/s1. The van der Waals surface area contributed by atoms with Crippen LogP contribution in [0.3, 0.4) is 0 Å². The van der Waals surface area contributed by atoms with Crippen molar-refractivity contribution in [2.75, 3.05) is 13.1 Å². The molecule has 0 radical (unpaired) electrons. The van der Waals surface area contributed by atoms with E-state index < -0.39 is 47.9 Å². The molecular weight excluding hydrogens is 572 g/mol. The van der Waals surface area contributed by atoms with Gasteiger partial charge in [-0.1, -0.05) is 75.4 Å². The van der Waals surface area contributed by atoms with E-state index in [1.165, 1.54) is 11.0 Å². The highest BCUT2D eigenvalue weighted by molar-refractivity contribution is 5.99. The van der Waals surface area contributed by atoms with Gasteiger partial charge in [-0.2, -0.15) is 0 Å². The van der Waals surface area contributed by atoms with E-state index in [0.29, 0.717) is 12.1 Å². The third-order valence-corrected chi connectivity index (χ3v) is 6.79. The molecule has 2 aromatic carbocycles. The minimum absolute atomic E-state index is 0.0690. The number of carbonyl (C=O) groups excluding carboxylic acids is 4. The molecule has 3 aromatic rings. The Morgan fingerprint density at radius 3 is 2.16 bits per heavy atom. The minimum atomic E-state index is -1.33. The number of aliphatic hydroxyl groups is 1. The summed E-state index contributed by atoms with van der Waals surface area (Å²) in [6.07, 6.45) is -1.44. The predicted octanol–water partition coefficient (Wildman–Crippen LogP) is 3.15. The van der Waals surface area contributed by atoms with Gasteiger partial charge in [0.05, 0.1) is 30.6 Å². The van der Waals surface area contributed by atoms with Crippen LogP contribution < -0.4 is 21.7 Å². The topological polar surface area (TPSA) is 167 Å². The number of hydrogen-bond donors (Lipinski definition) is 5. The van der Waals surface area contributed by atoms with Crippen molar-refractivity contribution in [3.05, 3.63) is 78.0 Å². The molecule has 0 saturated carbocycles. The molecule has 242 valence electrons. The molecule has 0 bridgehead atoms. The number of rotatable bonds is 12. The molecule has 11 heteroatoms. The van der Waals surface area contributed by atoms with Crippen molar-refractivity contribution in [2.45, 2.75) is 78.1 Å². The number of primary amides is 1. The third kappa shape index (κ3) is 11.5. The van der Waals surface area contributed by atoms with Crippen LogP contribution in [0.1, 0.15) is 64.0 Å². The molecule has 1 aromatic heterocycles. The molecule has 6 N–H and O–H groups in total. The molecule has 5 amide bonds. The molecule has 0 aliphatic heterocycles. The van der Waals surface area contributed by atoms with Crippen molar-refractivity contribution in [3.8, 4) is 0 Å². The molecule has 11 nitrogen and oxygen atoms in total. The van der Waals surface area contributed by atoms with Gasteiger partial charge in [0, 0.05) is 17.5 Å². The number of aliphatic hydroxyl groups excluding tert-OH is 1. The van der Waals surface area contributed by atoms with Gasteiger partial charge in [0.25, 0.3) is 5.91 Å². The van der Waals surface area contributed by atoms with E-state index in [9.17, 15) is 24.3 Å². The largest absolute Gasteiger partial charge is 0.389 e. The summed E-state index contributed by atoms with van der Waals surface area (Å²) < 4.78 is 0. The van der Waals surface area contributed by atoms with Crippen LogP contribution in [-0.2, 0) is 16.0 Å². The van der Waals surface area contributed by atoms with Crippen LogP contribution in [0.15, 0.2) is 66.7 Å². The molecule has 3 rings (SSSR count). The second-order valence-corrected chi connectivity index (χ2v) is 13.6. The monoisotopic (exact) mass is 618 g/mol. The number of fused-ring (bicyclic) bond motifs is 1. The lowest BCUT2D eigenvalue weighted by molar-refractivity contribution is -0.128. The first-order valence-corrected chi connectivity index (χ1v) is 15.1. The fraction of sp³-hybridized carbons (Fsp3) is 0.441. The fourth-order valence-electron chi connectivity index (χ4n) is 4.81. The van der Waals surface area contributed by atoms with Gasteiger partial charge in [-0.15, -0.1) is 0 Å². The highest BCUT2D eigenvalue weighted by Gasteiger charge is 2.32. The van der Waals surface area contributed by atoms with Gasteiger partial charge in [0.1, 0.15) is 11.7 Å². The van der Waals surface area contributed by atoms with Crippen molar-refractivity contribution in [2.24, 2.45) is 11.1 Å². The summed E-state index contributed by atoms with van der Waals surface area (Å²) >= 11 is 0. The smallest absolute Gasteiger partial charge is 0.317 e. The molecule has 0 spiro atoms. The summed E-state index contributed by atoms with van der Waals surface area (Å²) in [5.41, 5.74) is 6.18. The molecule has 3 atom stereocenters. The summed E-state index contributed by atoms with van der Waals surface area (Å²) in [6, 6.07) is 17.3. The Kier molecular flexibility index (Phi) is 11.6. The third-order valence-electron chi connectivity index (χ3n) is 6.79. The SMILES string of the molecule is CC(C)(C)CN(CC(O)[C@H](Cc1ccccc1)NC(=O)C(CC(N)=O)NC(=O)c1ccc2ccccc2n1)C(=O)NC(C)(C)C. The maximum absolute atomic E-state index is 13.6. The van der Waals surface area contributed by atoms with Crippen LogP contribution in [0.4, 0.5) is 4.79 Å². The molecule has 0 fully saturated rings. The fourth-order valence-corrected chi connectivity index (χ4v) is 4.81. The van der Waals surface area contributed by atoms with E-state index in [-0.39, 0.29) is 30.1 Å². The maximum atomic E-state index is 13.6. The predicted molar refractivity (Wildman–Crippen MR) is 174 cm³/mol. The summed E-state index contributed by atoms with van der Waals surface area (Å²) in [5.74, 6) is -2.15. The van der Waals surface area contributed by atoms with Gasteiger partial charge in [-0.25, -0.2) is 9.78 Å². The first-order chi connectivity index (χ1) is 21.0. The first-order valence-electron chi connectivity index (χ1n) is 15.1. The molecular formula is C34H46N6O5. The molecule has 45 heavy (non-hydrogen) atoms. The molecule has 1 heterocycles. The van der Waals surface area contributed by atoms with Crippen molar-refractivity contribution >= 4 is 34.7 Å². The summed E-state index contributed by atoms with van der Waals surface area (Å²) in [6.45, 7) is 11.8. The van der Waals surface area contributed by atoms with Gasteiger partial charge < -0.3 is 31.7 Å². The molecule has 2 unspecified atom stereocenters. The van der Waals surface area contributed by atoms with Crippen LogP contribution in [-0.4, -0.2) is 75.6 Å². The number of amides is 5. The number of para-hydroxylation sites is 1. The van der Waals surface area contributed by atoms with Crippen molar-refractivity contribution in [3.63, 3.8) is 0 Å². The summed E-state index contributed by atoms with van der Waals surface area (Å²) in [5, 5.41) is 20.7. The lowest BCUT2D eigenvalue weighted by atomic mass is 9.95. The number of aromatic nitrogens is 1. The van der Waals surface area contributed by atoms with Crippen LogP contribution in [0.5, 0.6) is 0 Å². The van der Waals surface area contributed by atoms with Crippen LogP contribution in [0, 0.1) is 5.41 Å². The molecule has 0 saturated heterocycles. The average Bonchev–Trinajstić information content (AvgIpc) is 2.94. The molecule has 0 aliphatic carbocycles. The van der Waals surface area contributed by atoms with Crippen LogP contribution in [0.25, 0.3) is 10.9 Å². The first kappa shape index (κ1) is 35.0. The zero-order chi connectivity index (χ0) is 33.4. The maximum Gasteiger partial charge on any atom is 0.317 e. The Balaban J connectivity index is 1.85. The summed E-state index contributed by atoms with van der Waals surface area (Å²) in [7, 11) is 0. The minimum Gasteiger partial charge on any atom is -0.389 e. The quantitative estimate of drug-likeness (QED) is 0.209. The Labute approximate surface area is 265 Å². The van der Waals surface area contributed by atoms with Gasteiger partial charge in [0.2, 0.25) is 11.8 Å². The molecule has 0 aliphatic rings. The van der Waals surface area contributed by atoms with Crippen LogP contribution >= 0.6 is 0 Å². The number of carbonyl (C=O) groups is 4. The van der Waals surface area contributed by atoms with Gasteiger partial charge in [-0.05, 0) is 50.3 Å². The number of nitrogens with zero attached hydrogens (tertiary/aromatic N) is 2. The van der Waals surface area contributed by atoms with Crippen molar-refractivity contribution in [1.29, 1.82) is 0 Å². The van der Waals surface area contributed by atoms with E-state index >= 15 is 0 Å². The van der Waals surface area contributed by atoms with E-state index in [1.54, 1.807) is 18.2 Å². The zero-order valence-corrected chi connectivity index (χ0v) is 27.0. The number of nitrogens with one attached hydrogen (secondary N) is 3. The second kappa shape index (κ2) is 15.0. The van der Waals surface area contributed by atoms with Crippen molar-refractivity contribution in [1.82, 2.24) is 25.8 Å². The van der Waals surface area contributed by atoms with Gasteiger partial charge in [0.15, 0.2) is 0 Å². The number of nitrogens with two attached hydrogens (primary N) is 1. The average molecular weight is 619 g/mol. The highest BCUT2D eigenvalue weighted by Crippen LogP contribution is 2.18. The summed E-state index contributed by atoms with van der Waals surface area (Å²) in [4.78, 5) is 57.9. The highest BCUT2D eigenvalue weighted by atomic mass is 16.3. The van der Waals surface area contributed by atoms with Gasteiger partial charge in [-0.3, -0.25) is 14.4 Å². The van der Waals surface area contributed by atoms with E-state index in [1.807, 2.05) is 84.0 Å².